The molecule has 3 heteroatoms. The highest BCUT2D eigenvalue weighted by atomic mass is 15.1. The van der Waals surface area contributed by atoms with E-state index in [1.807, 2.05) is 18.6 Å². The van der Waals surface area contributed by atoms with Crippen LogP contribution in [0.5, 0.6) is 0 Å². The molecular formula is C16H23N3. The Balaban J connectivity index is 2.34. The van der Waals surface area contributed by atoms with Gasteiger partial charge >= 0.3 is 0 Å². The van der Waals surface area contributed by atoms with Crippen LogP contribution in [0.25, 0.3) is 0 Å². The second-order valence-electron chi connectivity index (χ2n) is 5.40. The van der Waals surface area contributed by atoms with Crippen molar-refractivity contribution in [3.8, 4) is 0 Å². The first-order chi connectivity index (χ1) is 9.15. The molecule has 0 saturated heterocycles. The van der Waals surface area contributed by atoms with Gasteiger partial charge in [-0.1, -0.05) is 44.2 Å². The zero-order chi connectivity index (χ0) is 13.8. The summed E-state index contributed by atoms with van der Waals surface area (Å²) in [5, 5.41) is 0. The quantitative estimate of drug-likeness (QED) is 0.894. The van der Waals surface area contributed by atoms with Crippen molar-refractivity contribution in [3.63, 3.8) is 0 Å². The summed E-state index contributed by atoms with van der Waals surface area (Å²) in [4.78, 5) is 4.33. The average Bonchev–Trinajstić information content (AvgIpc) is 2.88. The molecule has 2 N–H and O–H groups in total. The van der Waals surface area contributed by atoms with Crippen LogP contribution in [0.1, 0.15) is 44.0 Å². The molecule has 0 aliphatic rings. The van der Waals surface area contributed by atoms with E-state index < -0.39 is 0 Å². The summed E-state index contributed by atoms with van der Waals surface area (Å²) in [5.41, 5.74) is 8.45. The highest BCUT2D eigenvalue weighted by molar-refractivity contribution is 5.21. The molecule has 2 atom stereocenters. The Morgan fingerprint density at radius 3 is 2.42 bits per heavy atom. The van der Waals surface area contributed by atoms with Gasteiger partial charge in [-0.2, -0.15) is 0 Å². The molecule has 0 saturated carbocycles. The van der Waals surface area contributed by atoms with Crippen molar-refractivity contribution in [1.29, 1.82) is 0 Å². The fraction of sp³-hybridized carbons (Fsp3) is 0.438. The third kappa shape index (κ3) is 2.87. The first-order valence-electron chi connectivity index (χ1n) is 6.91. The second-order valence-corrected chi connectivity index (χ2v) is 5.40. The van der Waals surface area contributed by atoms with E-state index in [4.69, 9.17) is 5.73 Å². The molecule has 2 unspecified atom stereocenters. The summed E-state index contributed by atoms with van der Waals surface area (Å²) in [7, 11) is 0. The second kappa shape index (κ2) is 6.02. The highest BCUT2D eigenvalue weighted by Gasteiger charge is 2.20. The number of nitrogens with two attached hydrogens (primary N) is 1. The van der Waals surface area contributed by atoms with E-state index in [0.29, 0.717) is 18.4 Å². The number of benzene rings is 1. The number of rotatable bonds is 5. The van der Waals surface area contributed by atoms with Crippen LogP contribution in [0.2, 0.25) is 0 Å². The van der Waals surface area contributed by atoms with Crippen molar-refractivity contribution in [2.75, 3.05) is 6.54 Å². The van der Waals surface area contributed by atoms with E-state index in [1.165, 1.54) is 11.3 Å². The highest BCUT2D eigenvalue weighted by Crippen LogP contribution is 2.27. The summed E-state index contributed by atoms with van der Waals surface area (Å²) >= 11 is 0. The SMILES string of the molecule is CC(C)C(CN)c1cncn1C(C)c1ccccc1. The fourth-order valence-corrected chi connectivity index (χ4v) is 2.55. The van der Waals surface area contributed by atoms with Crippen molar-refractivity contribution in [2.24, 2.45) is 11.7 Å². The summed E-state index contributed by atoms with van der Waals surface area (Å²) in [6.07, 6.45) is 3.87. The van der Waals surface area contributed by atoms with Crippen LogP contribution >= 0.6 is 0 Å². The maximum Gasteiger partial charge on any atom is 0.0953 e. The number of aromatic nitrogens is 2. The van der Waals surface area contributed by atoms with E-state index in [-0.39, 0.29) is 6.04 Å². The molecule has 19 heavy (non-hydrogen) atoms. The Bertz CT molecular complexity index is 502. The lowest BCUT2D eigenvalue weighted by molar-refractivity contribution is 0.463. The molecule has 0 bridgehead atoms. The zero-order valence-electron chi connectivity index (χ0n) is 12.0. The van der Waals surface area contributed by atoms with Crippen molar-refractivity contribution < 1.29 is 0 Å². The van der Waals surface area contributed by atoms with E-state index in [9.17, 15) is 0 Å². The van der Waals surface area contributed by atoms with Crippen molar-refractivity contribution in [2.45, 2.75) is 32.7 Å². The van der Waals surface area contributed by atoms with Crippen LogP contribution < -0.4 is 5.73 Å². The molecule has 0 aliphatic heterocycles. The molecule has 2 aromatic rings. The van der Waals surface area contributed by atoms with Gasteiger partial charge in [0.05, 0.1) is 12.4 Å². The minimum atomic E-state index is 0.284. The van der Waals surface area contributed by atoms with Gasteiger partial charge in [0, 0.05) is 24.4 Å². The standard InChI is InChI=1S/C16H23N3/c1-12(2)15(9-17)16-10-18-11-19(16)13(3)14-7-5-4-6-8-14/h4-8,10-13,15H,9,17H2,1-3H3. The zero-order valence-corrected chi connectivity index (χ0v) is 12.0. The van der Waals surface area contributed by atoms with Crippen LogP contribution in [0.15, 0.2) is 42.9 Å². The molecule has 0 fully saturated rings. The number of hydrogen-bond donors (Lipinski definition) is 1. The number of hydrogen-bond acceptors (Lipinski definition) is 2. The Morgan fingerprint density at radius 2 is 1.84 bits per heavy atom. The van der Waals surface area contributed by atoms with Gasteiger partial charge in [-0.15, -0.1) is 0 Å². The normalized spacial score (nSPS) is 14.6. The van der Waals surface area contributed by atoms with Gasteiger partial charge in [-0.3, -0.25) is 0 Å². The summed E-state index contributed by atoms with van der Waals surface area (Å²) in [6.45, 7) is 7.28. The van der Waals surface area contributed by atoms with E-state index in [2.05, 4.69) is 54.6 Å². The fourth-order valence-electron chi connectivity index (χ4n) is 2.55. The lowest BCUT2D eigenvalue weighted by atomic mass is 9.92. The van der Waals surface area contributed by atoms with Crippen LogP contribution in [0.3, 0.4) is 0 Å². The predicted molar refractivity (Wildman–Crippen MR) is 79.1 cm³/mol. The van der Waals surface area contributed by atoms with Gasteiger partial charge in [-0.25, -0.2) is 4.98 Å². The summed E-state index contributed by atoms with van der Waals surface area (Å²) in [5.74, 6) is 0.872. The maximum atomic E-state index is 5.93. The molecule has 0 amide bonds. The smallest absolute Gasteiger partial charge is 0.0953 e. The average molecular weight is 257 g/mol. The minimum absolute atomic E-state index is 0.284. The van der Waals surface area contributed by atoms with Crippen molar-refractivity contribution in [1.82, 2.24) is 9.55 Å². The molecule has 0 spiro atoms. The first kappa shape index (κ1) is 13.8. The molecule has 1 aromatic carbocycles. The largest absolute Gasteiger partial charge is 0.330 e. The topological polar surface area (TPSA) is 43.8 Å². The number of imidazole rings is 1. The van der Waals surface area contributed by atoms with Gasteiger partial charge in [-0.05, 0) is 18.4 Å². The van der Waals surface area contributed by atoms with Gasteiger partial charge < -0.3 is 10.3 Å². The van der Waals surface area contributed by atoms with Crippen molar-refractivity contribution >= 4 is 0 Å². The lowest BCUT2D eigenvalue weighted by Gasteiger charge is -2.24. The van der Waals surface area contributed by atoms with Crippen LogP contribution in [-0.2, 0) is 0 Å². The summed E-state index contributed by atoms with van der Waals surface area (Å²) < 4.78 is 2.24. The molecule has 0 radical (unpaired) electrons. The van der Waals surface area contributed by atoms with Gasteiger partial charge in [0.15, 0.2) is 0 Å². The maximum absolute atomic E-state index is 5.93. The van der Waals surface area contributed by atoms with E-state index >= 15 is 0 Å². The molecule has 102 valence electrons. The van der Waals surface area contributed by atoms with Gasteiger partial charge in [0.1, 0.15) is 0 Å². The monoisotopic (exact) mass is 257 g/mol. The van der Waals surface area contributed by atoms with Crippen molar-refractivity contribution in [3.05, 3.63) is 54.1 Å². The Labute approximate surface area is 115 Å². The van der Waals surface area contributed by atoms with E-state index in [1.54, 1.807) is 0 Å². The van der Waals surface area contributed by atoms with Crippen LogP contribution in [-0.4, -0.2) is 16.1 Å². The summed E-state index contributed by atoms with van der Waals surface area (Å²) in [6, 6.07) is 10.8. The Kier molecular flexibility index (Phi) is 4.38. The third-order valence-electron chi connectivity index (χ3n) is 3.83. The number of nitrogens with zero attached hydrogens (tertiary/aromatic N) is 2. The molecular weight excluding hydrogens is 234 g/mol. The molecule has 1 heterocycles. The Hall–Kier alpha value is -1.61. The third-order valence-corrected chi connectivity index (χ3v) is 3.83. The Morgan fingerprint density at radius 1 is 1.16 bits per heavy atom. The molecule has 1 aromatic heterocycles. The predicted octanol–water partition coefficient (Wildman–Crippen LogP) is 3.19. The molecule has 0 aliphatic carbocycles. The van der Waals surface area contributed by atoms with E-state index in [0.717, 1.165) is 0 Å². The van der Waals surface area contributed by atoms with Crippen LogP contribution in [0.4, 0.5) is 0 Å². The minimum Gasteiger partial charge on any atom is -0.330 e. The lowest BCUT2D eigenvalue weighted by Crippen LogP contribution is -2.22. The molecule has 2 rings (SSSR count). The van der Waals surface area contributed by atoms with Gasteiger partial charge in [0.2, 0.25) is 0 Å². The first-order valence-corrected chi connectivity index (χ1v) is 6.91. The molecule has 3 nitrogen and oxygen atoms in total. The van der Waals surface area contributed by atoms with Gasteiger partial charge in [0.25, 0.3) is 0 Å². The van der Waals surface area contributed by atoms with Crippen LogP contribution in [0, 0.1) is 5.92 Å².